The van der Waals surface area contributed by atoms with Crippen LogP contribution in [0.15, 0.2) is 17.6 Å². The number of ether oxygens (including phenoxy) is 1. The molecule has 0 aromatic heterocycles. The smallest absolute Gasteiger partial charge is 0.492 e. The van der Waals surface area contributed by atoms with E-state index in [4.69, 9.17) is 14.0 Å². The molecule has 1 heterocycles. The van der Waals surface area contributed by atoms with Gasteiger partial charge >= 0.3 is 7.12 Å². The molecule has 2 N–H and O–H groups in total. The molecule has 27 heavy (non-hydrogen) atoms. The summed E-state index contributed by atoms with van der Waals surface area (Å²) in [4.78, 5) is 22.9. The fourth-order valence-electron chi connectivity index (χ4n) is 2.61. The second-order valence-corrected chi connectivity index (χ2v) is 7.49. The highest BCUT2D eigenvalue weighted by Gasteiger charge is 2.52. The number of benzene rings is 1. The monoisotopic (exact) mass is 375 g/mol. The first-order valence-electron chi connectivity index (χ1n) is 8.67. The Morgan fingerprint density at radius 2 is 1.81 bits per heavy atom. The van der Waals surface area contributed by atoms with Gasteiger partial charge in [-0.2, -0.15) is 0 Å². The van der Waals surface area contributed by atoms with Crippen molar-refractivity contribution >= 4 is 25.4 Å². The minimum atomic E-state index is -0.693. The third-order valence-electron chi connectivity index (χ3n) is 4.95. The maximum absolute atomic E-state index is 11.4. The van der Waals surface area contributed by atoms with Crippen LogP contribution in [0.25, 0.3) is 6.08 Å². The summed E-state index contributed by atoms with van der Waals surface area (Å²) in [5.41, 5.74) is 0.347. The predicted octanol–water partition coefficient (Wildman–Crippen LogP) is 2.36. The first-order valence-corrected chi connectivity index (χ1v) is 8.67. The predicted molar refractivity (Wildman–Crippen MR) is 103 cm³/mol. The van der Waals surface area contributed by atoms with Crippen LogP contribution in [0.4, 0.5) is 0 Å². The molecule has 0 atom stereocenters. The quantitative estimate of drug-likeness (QED) is 0.586. The lowest BCUT2D eigenvalue weighted by Crippen LogP contribution is -2.41. The summed E-state index contributed by atoms with van der Waals surface area (Å²) in [6.45, 7) is 9.34. The summed E-state index contributed by atoms with van der Waals surface area (Å²) in [6.07, 6.45) is 2.36. The summed E-state index contributed by atoms with van der Waals surface area (Å²) >= 11 is 0. The van der Waals surface area contributed by atoms with Crippen molar-refractivity contribution in [3.05, 3.63) is 28.7 Å². The highest BCUT2D eigenvalue weighted by atomic mass is 16.7. The van der Waals surface area contributed by atoms with Crippen molar-refractivity contribution in [1.29, 1.82) is 0 Å². The van der Waals surface area contributed by atoms with Crippen LogP contribution in [-0.2, 0) is 14.1 Å². The average Bonchev–Trinajstić information content (AvgIpc) is 2.79. The van der Waals surface area contributed by atoms with Crippen LogP contribution in [0, 0.1) is 0 Å². The Labute approximate surface area is 159 Å². The fraction of sp³-hybridized carbons (Fsp3) is 0.474. The van der Waals surface area contributed by atoms with E-state index in [1.54, 1.807) is 12.1 Å². The van der Waals surface area contributed by atoms with Gasteiger partial charge in [-0.3, -0.25) is 9.59 Å². The molecule has 0 radical (unpaired) electrons. The van der Waals surface area contributed by atoms with Crippen LogP contribution in [0.5, 0.6) is 11.5 Å². The SMILES string of the molecule is COc1cc(C=C(CNC(C)=O)B2OC(C)(C)C(C)(C)O2)c(C=O)cc1O. The first kappa shape index (κ1) is 21.0. The van der Waals surface area contributed by atoms with E-state index in [1.165, 1.54) is 20.1 Å². The number of carbonyl (C=O) groups is 2. The Balaban J connectivity index is 2.49. The molecule has 1 amide bonds. The molecule has 7 nitrogen and oxygen atoms in total. The molecular formula is C19H26BNO6. The van der Waals surface area contributed by atoms with Crippen LogP contribution in [0.2, 0.25) is 0 Å². The molecule has 2 rings (SSSR count). The lowest BCUT2D eigenvalue weighted by atomic mass is 9.76. The second-order valence-electron chi connectivity index (χ2n) is 7.49. The molecule has 0 saturated carbocycles. The molecule has 1 fully saturated rings. The fourth-order valence-corrected chi connectivity index (χ4v) is 2.61. The van der Waals surface area contributed by atoms with Crippen LogP contribution < -0.4 is 10.1 Å². The minimum absolute atomic E-state index is 0.129. The van der Waals surface area contributed by atoms with Crippen molar-refractivity contribution in [2.75, 3.05) is 13.7 Å². The Morgan fingerprint density at radius 1 is 1.22 bits per heavy atom. The van der Waals surface area contributed by atoms with Crippen molar-refractivity contribution in [3.63, 3.8) is 0 Å². The zero-order chi connectivity index (χ0) is 20.4. The molecule has 1 saturated heterocycles. The first-order chi connectivity index (χ1) is 12.5. The molecule has 0 spiro atoms. The molecule has 1 aromatic carbocycles. The van der Waals surface area contributed by atoms with Crippen molar-refractivity contribution in [2.24, 2.45) is 0 Å². The number of carbonyl (C=O) groups excluding carboxylic acids is 2. The molecule has 146 valence electrons. The lowest BCUT2D eigenvalue weighted by Gasteiger charge is -2.32. The van der Waals surface area contributed by atoms with Crippen LogP contribution in [0.1, 0.15) is 50.5 Å². The summed E-state index contributed by atoms with van der Waals surface area (Å²) < 4.78 is 17.3. The topological polar surface area (TPSA) is 94.1 Å². The Morgan fingerprint density at radius 3 is 2.30 bits per heavy atom. The number of phenols is 1. The number of hydrogen-bond donors (Lipinski definition) is 2. The highest BCUT2D eigenvalue weighted by Crippen LogP contribution is 2.39. The van der Waals surface area contributed by atoms with Gasteiger partial charge in [0.2, 0.25) is 5.91 Å². The van der Waals surface area contributed by atoms with E-state index in [9.17, 15) is 14.7 Å². The molecular weight excluding hydrogens is 349 g/mol. The number of aromatic hydroxyl groups is 1. The van der Waals surface area contributed by atoms with Gasteiger partial charge in [-0.25, -0.2) is 0 Å². The van der Waals surface area contributed by atoms with E-state index in [2.05, 4.69) is 5.32 Å². The summed E-state index contributed by atoms with van der Waals surface area (Å²) in [5, 5.41) is 12.6. The van der Waals surface area contributed by atoms with Gasteiger partial charge in [-0.1, -0.05) is 6.08 Å². The van der Waals surface area contributed by atoms with Gasteiger partial charge in [0.05, 0.1) is 18.3 Å². The zero-order valence-electron chi connectivity index (χ0n) is 16.6. The van der Waals surface area contributed by atoms with E-state index < -0.39 is 18.3 Å². The van der Waals surface area contributed by atoms with E-state index in [1.807, 2.05) is 27.7 Å². The minimum Gasteiger partial charge on any atom is -0.504 e. The number of nitrogens with one attached hydrogen (secondary N) is 1. The van der Waals surface area contributed by atoms with E-state index in [0.717, 1.165) is 0 Å². The van der Waals surface area contributed by atoms with Gasteiger partial charge in [-0.15, -0.1) is 0 Å². The number of hydrogen-bond acceptors (Lipinski definition) is 6. The average molecular weight is 375 g/mol. The Kier molecular flexibility index (Phi) is 6.02. The molecule has 0 aliphatic carbocycles. The summed E-state index contributed by atoms with van der Waals surface area (Å²) in [7, 11) is 0.733. The number of phenolic OH excluding ortho intramolecular Hbond substituents is 1. The number of aldehydes is 1. The number of rotatable bonds is 6. The second kappa shape index (κ2) is 7.74. The standard InChI is InChI=1S/C19H26BNO6/c1-12(23)21-10-15(20-26-18(2,3)19(4,5)27-20)7-13-9-17(25-6)16(24)8-14(13)11-22/h7-9,11,24H,10H2,1-6H3,(H,21,23). The normalized spacial score (nSPS) is 18.3. The van der Waals surface area contributed by atoms with Crippen molar-refractivity contribution in [3.8, 4) is 11.5 Å². The maximum atomic E-state index is 11.4. The molecule has 1 aromatic rings. The van der Waals surface area contributed by atoms with Gasteiger partial charge in [0.15, 0.2) is 17.8 Å². The highest BCUT2D eigenvalue weighted by molar-refractivity contribution is 6.56. The van der Waals surface area contributed by atoms with Crippen LogP contribution in [0.3, 0.4) is 0 Å². The third kappa shape index (κ3) is 4.51. The Hall–Kier alpha value is -2.32. The summed E-state index contributed by atoms with van der Waals surface area (Å²) in [6, 6.07) is 2.88. The van der Waals surface area contributed by atoms with Crippen molar-refractivity contribution < 1.29 is 28.7 Å². The van der Waals surface area contributed by atoms with E-state index in [-0.39, 0.29) is 29.5 Å². The summed E-state index contributed by atoms with van der Waals surface area (Å²) in [5.74, 6) is -0.0910. The third-order valence-corrected chi connectivity index (χ3v) is 4.95. The van der Waals surface area contributed by atoms with Gasteiger partial charge in [0.25, 0.3) is 0 Å². The Bertz CT molecular complexity index is 756. The van der Waals surface area contributed by atoms with Crippen molar-refractivity contribution in [2.45, 2.75) is 45.8 Å². The lowest BCUT2D eigenvalue weighted by molar-refractivity contribution is -0.118. The van der Waals surface area contributed by atoms with Crippen molar-refractivity contribution in [1.82, 2.24) is 5.32 Å². The van der Waals surface area contributed by atoms with Gasteiger partial charge in [0.1, 0.15) is 0 Å². The van der Waals surface area contributed by atoms with E-state index in [0.29, 0.717) is 17.3 Å². The molecule has 1 aliphatic heterocycles. The van der Waals surface area contributed by atoms with Gasteiger partial charge in [0, 0.05) is 19.0 Å². The molecule has 8 heteroatoms. The largest absolute Gasteiger partial charge is 0.504 e. The zero-order valence-corrected chi connectivity index (χ0v) is 16.6. The van der Waals surface area contributed by atoms with Crippen LogP contribution >= 0.6 is 0 Å². The number of methoxy groups -OCH3 is 1. The maximum Gasteiger partial charge on any atom is 0.492 e. The molecule has 0 unspecified atom stereocenters. The molecule has 0 bridgehead atoms. The van der Waals surface area contributed by atoms with E-state index >= 15 is 0 Å². The number of amides is 1. The van der Waals surface area contributed by atoms with Gasteiger partial charge in [-0.05, 0) is 50.9 Å². The van der Waals surface area contributed by atoms with Gasteiger partial charge < -0.3 is 24.5 Å². The molecule has 1 aliphatic rings. The van der Waals surface area contributed by atoms with Crippen LogP contribution in [-0.4, -0.2) is 49.3 Å².